The van der Waals surface area contributed by atoms with Crippen LogP contribution in [0.1, 0.15) is 41.8 Å². The summed E-state index contributed by atoms with van der Waals surface area (Å²) in [6.45, 7) is 1.73. The number of hydrogen-bond acceptors (Lipinski definition) is 5. The highest BCUT2D eigenvalue weighted by Gasteiger charge is 2.28. The van der Waals surface area contributed by atoms with Crippen molar-refractivity contribution in [1.82, 2.24) is 4.90 Å². The maximum atomic E-state index is 10.3. The summed E-state index contributed by atoms with van der Waals surface area (Å²) >= 11 is 1.60. The Labute approximate surface area is 128 Å². The quantitative estimate of drug-likeness (QED) is 0.920. The van der Waals surface area contributed by atoms with Crippen molar-refractivity contribution >= 4 is 11.3 Å². The third-order valence-corrected chi connectivity index (χ3v) is 4.97. The Morgan fingerprint density at radius 1 is 1.48 bits per heavy atom. The molecular weight excluding hydrogens is 284 g/mol. The molecule has 1 aliphatic heterocycles. The van der Waals surface area contributed by atoms with Crippen molar-refractivity contribution < 1.29 is 9.52 Å². The lowest BCUT2D eigenvalue weighted by atomic mass is 10.1. The molecule has 0 bridgehead atoms. The zero-order valence-electron chi connectivity index (χ0n) is 11.7. The molecule has 0 radical (unpaired) electrons. The van der Waals surface area contributed by atoms with E-state index in [2.05, 4.69) is 4.90 Å². The van der Waals surface area contributed by atoms with Crippen LogP contribution in [0.3, 0.4) is 0 Å². The van der Waals surface area contributed by atoms with Gasteiger partial charge >= 0.3 is 0 Å². The first-order chi connectivity index (χ1) is 10.3. The molecule has 3 heterocycles. The van der Waals surface area contributed by atoms with Crippen molar-refractivity contribution in [1.29, 1.82) is 5.26 Å². The van der Waals surface area contributed by atoms with E-state index >= 15 is 0 Å². The molecule has 21 heavy (non-hydrogen) atoms. The van der Waals surface area contributed by atoms with Gasteiger partial charge in [0.25, 0.3) is 0 Å². The number of aliphatic hydroxyl groups excluding tert-OH is 1. The fraction of sp³-hybridized carbons (Fsp3) is 0.438. The summed E-state index contributed by atoms with van der Waals surface area (Å²) in [6.07, 6.45) is 2.62. The summed E-state index contributed by atoms with van der Waals surface area (Å²) in [7, 11) is 0. The Morgan fingerprint density at radius 3 is 3.10 bits per heavy atom. The van der Waals surface area contributed by atoms with Crippen LogP contribution in [0.5, 0.6) is 0 Å². The normalized spacial score (nSPS) is 20.5. The lowest BCUT2D eigenvalue weighted by Crippen LogP contribution is -2.30. The topological polar surface area (TPSA) is 60.4 Å². The molecule has 0 amide bonds. The molecule has 1 fully saturated rings. The second-order valence-corrected chi connectivity index (χ2v) is 6.39. The molecule has 110 valence electrons. The number of nitrogens with zero attached hydrogens (tertiary/aromatic N) is 2. The van der Waals surface area contributed by atoms with Crippen LogP contribution in [0.25, 0.3) is 0 Å². The molecule has 2 atom stereocenters. The van der Waals surface area contributed by atoms with Crippen LogP contribution in [-0.2, 0) is 6.54 Å². The maximum absolute atomic E-state index is 10.3. The fourth-order valence-corrected chi connectivity index (χ4v) is 3.67. The Bertz CT molecular complexity index is 615. The predicted molar refractivity (Wildman–Crippen MR) is 80.8 cm³/mol. The van der Waals surface area contributed by atoms with Gasteiger partial charge in [-0.15, -0.1) is 11.3 Å². The van der Waals surface area contributed by atoms with Crippen LogP contribution in [0, 0.1) is 11.3 Å². The molecule has 0 aliphatic carbocycles. The molecule has 5 heteroatoms. The van der Waals surface area contributed by atoms with Crippen LogP contribution in [0.15, 0.2) is 34.1 Å². The van der Waals surface area contributed by atoms with Gasteiger partial charge in [0.1, 0.15) is 11.8 Å². The Morgan fingerprint density at radius 2 is 2.38 bits per heavy atom. The Balaban J connectivity index is 1.61. The number of likely N-dealkylation sites (tertiary alicyclic amines) is 1. The summed E-state index contributed by atoms with van der Waals surface area (Å²) in [5.74, 6) is 1.18. The first-order valence-corrected chi connectivity index (χ1v) is 8.08. The van der Waals surface area contributed by atoms with E-state index in [1.54, 1.807) is 17.4 Å². The molecule has 1 saturated heterocycles. The number of hydrogen-bond donors (Lipinski definition) is 1. The van der Waals surface area contributed by atoms with E-state index in [0.29, 0.717) is 18.3 Å². The van der Waals surface area contributed by atoms with Crippen molar-refractivity contribution in [2.24, 2.45) is 0 Å². The monoisotopic (exact) mass is 302 g/mol. The number of nitriles is 1. The Kier molecular flexibility index (Phi) is 4.39. The van der Waals surface area contributed by atoms with Gasteiger partial charge in [0, 0.05) is 10.9 Å². The van der Waals surface area contributed by atoms with Gasteiger partial charge < -0.3 is 9.52 Å². The minimum Gasteiger partial charge on any atom is -0.449 e. The van der Waals surface area contributed by atoms with Gasteiger partial charge in [-0.2, -0.15) is 5.26 Å². The molecule has 4 nitrogen and oxygen atoms in total. The zero-order valence-corrected chi connectivity index (χ0v) is 12.6. The lowest BCUT2D eigenvalue weighted by Gasteiger charge is -2.25. The molecule has 1 aliphatic rings. The highest BCUT2D eigenvalue weighted by Crippen LogP contribution is 2.30. The van der Waals surface area contributed by atoms with Crippen molar-refractivity contribution in [3.8, 4) is 6.07 Å². The lowest BCUT2D eigenvalue weighted by molar-refractivity contribution is 0.117. The van der Waals surface area contributed by atoms with E-state index in [1.165, 1.54) is 0 Å². The molecule has 2 aromatic heterocycles. The van der Waals surface area contributed by atoms with Gasteiger partial charge in [-0.3, -0.25) is 4.90 Å². The summed E-state index contributed by atoms with van der Waals surface area (Å²) in [5.41, 5.74) is 0. The highest BCUT2D eigenvalue weighted by molar-refractivity contribution is 7.10. The second-order valence-electron chi connectivity index (χ2n) is 5.41. The minimum absolute atomic E-state index is 0.361. The van der Waals surface area contributed by atoms with Crippen LogP contribution in [0.2, 0.25) is 0 Å². The molecule has 0 aromatic carbocycles. The van der Waals surface area contributed by atoms with Gasteiger partial charge in [-0.25, -0.2) is 0 Å². The van der Waals surface area contributed by atoms with Crippen LogP contribution >= 0.6 is 11.3 Å². The van der Waals surface area contributed by atoms with Crippen LogP contribution < -0.4 is 0 Å². The third-order valence-electron chi connectivity index (χ3n) is 4.00. The molecule has 2 aromatic rings. The second kappa shape index (κ2) is 6.44. The van der Waals surface area contributed by atoms with Crippen molar-refractivity contribution in [2.75, 3.05) is 6.54 Å². The molecular formula is C16H18N2O2S. The van der Waals surface area contributed by atoms with Gasteiger partial charge in [-0.1, -0.05) is 6.07 Å². The SMILES string of the molecule is N#Cc1ccc(CN2CCCC2CC(O)c2cccs2)o1. The van der Waals surface area contributed by atoms with Crippen LogP contribution in [-0.4, -0.2) is 22.6 Å². The van der Waals surface area contributed by atoms with Crippen molar-refractivity contribution in [2.45, 2.75) is 38.0 Å². The predicted octanol–water partition coefficient (Wildman–Crippen LogP) is 3.30. The van der Waals surface area contributed by atoms with E-state index in [1.807, 2.05) is 29.6 Å². The van der Waals surface area contributed by atoms with Gasteiger partial charge in [-0.05, 0) is 49.4 Å². The number of aliphatic hydroxyl groups is 1. The van der Waals surface area contributed by atoms with E-state index in [-0.39, 0.29) is 6.10 Å². The molecule has 0 spiro atoms. The van der Waals surface area contributed by atoms with E-state index in [9.17, 15) is 5.11 Å². The first kappa shape index (κ1) is 14.3. The molecule has 2 unspecified atom stereocenters. The smallest absolute Gasteiger partial charge is 0.203 e. The minimum atomic E-state index is -0.387. The van der Waals surface area contributed by atoms with E-state index < -0.39 is 0 Å². The average molecular weight is 302 g/mol. The number of thiophene rings is 1. The first-order valence-electron chi connectivity index (χ1n) is 7.20. The standard InChI is InChI=1S/C16H18N2O2S/c17-10-13-5-6-14(20-13)11-18-7-1-3-12(18)9-15(19)16-4-2-8-21-16/h2,4-6,8,12,15,19H,1,3,7,9,11H2. The van der Waals surface area contributed by atoms with Crippen molar-refractivity contribution in [3.63, 3.8) is 0 Å². The highest BCUT2D eigenvalue weighted by atomic mass is 32.1. The summed E-state index contributed by atoms with van der Waals surface area (Å²) in [5, 5.41) is 21.1. The summed E-state index contributed by atoms with van der Waals surface area (Å²) in [6, 6.07) is 9.92. The van der Waals surface area contributed by atoms with Gasteiger partial charge in [0.2, 0.25) is 5.76 Å². The Hall–Kier alpha value is -1.61. The van der Waals surface area contributed by atoms with Gasteiger partial charge in [0.15, 0.2) is 0 Å². The maximum Gasteiger partial charge on any atom is 0.203 e. The average Bonchev–Trinajstić information content (AvgIpc) is 3.21. The summed E-state index contributed by atoms with van der Waals surface area (Å²) < 4.78 is 5.46. The molecule has 3 rings (SSSR count). The molecule has 1 N–H and O–H groups in total. The zero-order chi connectivity index (χ0) is 14.7. The van der Waals surface area contributed by atoms with Crippen molar-refractivity contribution in [3.05, 3.63) is 46.0 Å². The van der Waals surface area contributed by atoms with Crippen LogP contribution in [0.4, 0.5) is 0 Å². The number of rotatable bonds is 5. The van der Waals surface area contributed by atoms with E-state index in [0.717, 1.165) is 36.4 Å². The third kappa shape index (κ3) is 3.35. The molecule has 0 saturated carbocycles. The van der Waals surface area contributed by atoms with E-state index in [4.69, 9.17) is 9.68 Å². The number of furan rings is 1. The fourth-order valence-electron chi connectivity index (χ4n) is 2.95. The largest absolute Gasteiger partial charge is 0.449 e. The summed E-state index contributed by atoms with van der Waals surface area (Å²) in [4.78, 5) is 3.38. The van der Waals surface area contributed by atoms with Gasteiger partial charge in [0.05, 0.1) is 12.6 Å².